The molecular weight excluding hydrogens is 452 g/mol. The second kappa shape index (κ2) is 9.87. The summed E-state index contributed by atoms with van der Waals surface area (Å²) < 4.78 is 38.8. The number of sulfonamides is 1. The van der Waals surface area contributed by atoms with E-state index >= 15 is 0 Å². The second-order valence-electron chi connectivity index (χ2n) is 6.54. The third-order valence-corrected chi connectivity index (χ3v) is 5.85. The lowest BCUT2D eigenvalue weighted by Gasteiger charge is -2.14. The molecule has 3 aromatic carbocycles. The van der Waals surface area contributed by atoms with E-state index in [9.17, 15) is 23.6 Å². The van der Waals surface area contributed by atoms with Crippen molar-refractivity contribution < 1.29 is 27.9 Å². The molecular formula is C21H20N4O7S. The van der Waals surface area contributed by atoms with Crippen molar-refractivity contribution in [3.05, 3.63) is 76.3 Å². The summed E-state index contributed by atoms with van der Waals surface area (Å²) in [4.78, 5) is 10.1. The Morgan fingerprint density at radius 3 is 2.48 bits per heavy atom. The average molecular weight is 472 g/mol. The van der Waals surface area contributed by atoms with E-state index in [2.05, 4.69) is 15.2 Å². The summed E-state index contributed by atoms with van der Waals surface area (Å²) in [6, 6.07) is 14.1. The van der Waals surface area contributed by atoms with E-state index in [-0.39, 0.29) is 22.9 Å². The largest absolute Gasteiger partial charge is 0.507 e. The number of para-hydroxylation sites is 2. The van der Waals surface area contributed by atoms with E-state index in [1.165, 1.54) is 44.7 Å². The van der Waals surface area contributed by atoms with E-state index in [0.717, 1.165) is 12.1 Å². The fourth-order valence-electron chi connectivity index (χ4n) is 2.80. The van der Waals surface area contributed by atoms with Crippen molar-refractivity contribution in [2.24, 2.45) is 5.10 Å². The number of phenols is 1. The first-order valence-corrected chi connectivity index (χ1v) is 10.8. The van der Waals surface area contributed by atoms with Gasteiger partial charge in [0, 0.05) is 17.7 Å². The number of ether oxygens (including phenoxy) is 2. The SMILES string of the molecule is COc1ccc(O)c(/C=N/Nc2ccc([N+](=O)[O-])cc2S(=O)(=O)Nc2ccccc2OC)c1. The smallest absolute Gasteiger partial charge is 0.270 e. The zero-order valence-electron chi connectivity index (χ0n) is 17.6. The van der Waals surface area contributed by atoms with Crippen LogP contribution in [0.25, 0.3) is 0 Å². The molecule has 12 heteroatoms. The minimum Gasteiger partial charge on any atom is -0.507 e. The normalized spacial score (nSPS) is 11.2. The molecule has 3 rings (SSSR count). The molecule has 11 nitrogen and oxygen atoms in total. The van der Waals surface area contributed by atoms with Crippen LogP contribution >= 0.6 is 0 Å². The first kappa shape index (κ1) is 23.3. The standard InChI is InChI=1S/C21H20N4O7S/c1-31-16-8-10-19(26)14(11-16)13-22-23-18-9-7-15(25(27)28)12-21(18)33(29,30)24-17-5-3-4-6-20(17)32-2/h3-13,23-24,26H,1-2H3/b22-13+. The minimum absolute atomic E-state index is 0.0263. The molecule has 0 aliphatic carbocycles. The maximum atomic E-state index is 13.1. The van der Waals surface area contributed by atoms with Crippen molar-refractivity contribution in [2.75, 3.05) is 24.4 Å². The molecule has 0 amide bonds. The average Bonchev–Trinajstić information content (AvgIpc) is 2.80. The van der Waals surface area contributed by atoms with Gasteiger partial charge in [-0.3, -0.25) is 20.3 Å². The summed E-state index contributed by atoms with van der Waals surface area (Å²) in [5, 5.41) is 25.1. The molecule has 0 spiro atoms. The van der Waals surface area contributed by atoms with Crippen molar-refractivity contribution in [3.63, 3.8) is 0 Å². The van der Waals surface area contributed by atoms with Gasteiger partial charge in [-0.1, -0.05) is 12.1 Å². The number of hydrogen-bond acceptors (Lipinski definition) is 9. The zero-order valence-corrected chi connectivity index (χ0v) is 18.4. The molecule has 0 saturated heterocycles. The van der Waals surface area contributed by atoms with Crippen molar-refractivity contribution in [1.82, 2.24) is 0 Å². The molecule has 0 radical (unpaired) electrons. The molecule has 0 unspecified atom stereocenters. The Labute approximate surface area is 189 Å². The summed E-state index contributed by atoms with van der Waals surface area (Å²) in [6.07, 6.45) is 1.25. The van der Waals surface area contributed by atoms with E-state index in [1.807, 2.05) is 0 Å². The number of aromatic hydroxyl groups is 1. The second-order valence-corrected chi connectivity index (χ2v) is 8.19. The number of anilines is 2. The van der Waals surface area contributed by atoms with Gasteiger partial charge < -0.3 is 14.6 Å². The molecule has 0 aliphatic heterocycles. The summed E-state index contributed by atoms with van der Waals surface area (Å²) >= 11 is 0. The van der Waals surface area contributed by atoms with Crippen LogP contribution in [-0.2, 0) is 10.0 Å². The van der Waals surface area contributed by atoms with E-state index in [1.54, 1.807) is 24.3 Å². The third kappa shape index (κ3) is 5.49. The molecule has 3 aromatic rings. The molecule has 0 atom stereocenters. The van der Waals surface area contributed by atoms with Crippen LogP contribution in [0.2, 0.25) is 0 Å². The van der Waals surface area contributed by atoms with Gasteiger partial charge in [-0.15, -0.1) is 0 Å². The third-order valence-electron chi connectivity index (χ3n) is 4.44. The van der Waals surface area contributed by atoms with Crippen molar-refractivity contribution in [2.45, 2.75) is 4.90 Å². The highest BCUT2D eigenvalue weighted by atomic mass is 32.2. The number of nitrogens with one attached hydrogen (secondary N) is 2. The zero-order chi connectivity index (χ0) is 24.0. The van der Waals surface area contributed by atoms with Gasteiger partial charge >= 0.3 is 0 Å². The van der Waals surface area contributed by atoms with Gasteiger partial charge in [-0.2, -0.15) is 5.10 Å². The topological polar surface area (TPSA) is 152 Å². The van der Waals surface area contributed by atoms with Crippen LogP contribution in [0.3, 0.4) is 0 Å². The molecule has 33 heavy (non-hydrogen) atoms. The van der Waals surface area contributed by atoms with Gasteiger partial charge in [0.2, 0.25) is 0 Å². The van der Waals surface area contributed by atoms with E-state index < -0.39 is 25.5 Å². The van der Waals surface area contributed by atoms with Gasteiger partial charge in [-0.05, 0) is 36.4 Å². The van der Waals surface area contributed by atoms with E-state index in [4.69, 9.17) is 9.47 Å². The highest BCUT2D eigenvalue weighted by Gasteiger charge is 2.23. The van der Waals surface area contributed by atoms with Crippen LogP contribution in [0.5, 0.6) is 17.2 Å². The lowest BCUT2D eigenvalue weighted by Crippen LogP contribution is -2.15. The number of hydrazone groups is 1. The molecule has 0 aromatic heterocycles. The van der Waals surface area contributed by atoms with E-state index in [0.29, 0.717) is 11.3 Å². The molecule has 0 aliphatic rings. The molecule has 0 heterocycles. The number of non-ortho nitro benzene ring substituents is 1. The van der Waals surface area contributed by atoms with Gasteiger partial charge in [-0.25, -0.2) is 8.42 Å². The predicted octanol–water partition coefficient (Wildman–Crippen LogP) is 3.56. The van der Waals surface area contributed by atoms with Crippen LogP contribution in [0, 0.1) is 10.1 Å². The Kier molecular flexibility index (Phi) is 6.98. The first-order chi connectivity index (χ1) is 15.7. The number of nitro benzene ring substituents is 1. The quantitative estimate of drug-likeness (QED) is 0.243. The highest BCUT2D eigenvalue weighted by molar-refractivity contribution is 7.93. The monoisotopic (exact) mass is 472 g/mol. The maximum Gasteiger partial charge on any atom is 0.270 e. The lowest BCUT2D eigenvalue weighted by atomic mass is 10.2. The predicted molar refractivity (Wildman–Crippen MR) is 123 cm³/mol. The molecule has 0 saturated carbocycles. The Balaban J connectivity index is 1.97. The number of nitro groups is 1. The molecule has 172 valence electrons. The Hall–Kier alpha value is -4.32. The van der Waals surface area contributed by atoms with Crippen molar-refractivity contribution in [1.29, 1.82) is 0 Å². The van der Waals surface area contributed by atoms with Crippen LogP contribution in [0.1, 0.15) is 5.56 Å². The lowest BCUT2D eigenvalue weighted by molar-refractivity contribution is -0.385. The number of nitrogens with zero attached hydrogens (tertiary/aromatic N) is 2. The van der Waals surface area contributed by atoms with Crippen LogP contribution in [0.15, 0.2) is 70.7 Å². The van der Waals surface area contributed by atoms with Gasteiger partial charge in [0.05, 0.1) is 36.7 Å². The number of phenolic OH excluding ortho intramolecular Hbond substituents is 1. The first-order valence-electron chi connectivity index (χ1n) is 9.35. The van der Waals surface area contributed by atoms with Gasteiger partial charge in [0.1, 0.15) is 22.1 Å². The van der Waals surface area contributed by atoms with Gasteiger partial charge in [0.25, 0.3) is 15.7 Å². The Morgan fingerprint density at radius 1 is 1.03 bits per heavy atom. The minimum atomic E-state index is -4.29. The van der Waals surface area contributed by atoms with Crippen LogP contribution in [-0.4, -0.2) is 38.9 Å². The number of benzene rings is 3. The van der Waals surface area contributed by atoms with Gasteiger partial charge in [0.15, 0.2) is 0 Å². The Bertz CT molecular complexity index is 1310. The highest BCUT2D eigenvalue weighted by Crippen LogP contribution is 2.31. The summed E-state index contributed by atoms with van der Waals surface area (Å²) in [5.41, 5.74) is 2.57. The summed E-state index contributed by atoms with van der Waals surface area (Å²) in [6.45, 7) is 0. The summed E-state index contributed by atoms with van der Waals surface area (Å²) in [7, 11) is -1.44. The van der Waals surface area contributed by atoms with Crippen LogP contribution < -0.4 is 19.6 Å². The fourth-order valence-corrected chi connectivity index (χ4v) is 4.05. The molecule has 3 N–H and O–H groups in total. The van der Waals surface area contributed by atoms with Crippen molar-refractivity contribution >= 4 is 33.3 Å². The maximum absolute atomic E-state index is 13.1. The number of hydrogen-bond donors (Lipinski definition) is 3. The molecule has 0 bridgehead atoms. The molecule has 0 fully saturated rings. The number of rotatable bonds is 9. The van der Waals surface area contributed by atoms with Crippen LogP contribution in [0.4, 0.5) is 17.1 Å². The Morgan fingerprint density at radius 2 is 1.79 bits per heavy atom. The summed E-state index contributed by atoms with van der Waals surface area (Å²) in [5.74, 6) is 0.678. The number of methoxy groups -OCH3 is 2. The fraction of sp³-hybridized carbons (Fsp3) is 0.0952. The van der Waals surface area contributed by atoms with Crippen molar-refractivity contribution in [3.8, 4) is 17.2 Å².